The zero-order valence-electron chi connectivity index (χ0n) is 12.4. The Morgan fingerprint density at radius 1 is 1.24 bits per heavy atom. The largest absolute Gasteiger partial charge is 0.339 e. The van der Waals surface area contributed by atoms with E-state index in [4.69, 9.17) is 4.52 Å². The van der Waals surface area contributed by atoms with Crippen LogP contribution in [-0.4, -0.2) is 32.7 Å². The van der Waals surface area contributed by atoms with E-state index in [2.05, 4.69) is 17.1 Å². The van der Waals surface area contributed by atoms with E-state index in [1.807, 2.05) is 23.5 Å². The monoisotopic (exact) mass is 326 g/mol. The molecule has 0 spiro atoms. The van der Waals surface area contributed by atoms with E-state index in [9.17, 15) is 4.79 Å². The first-order valence-electron chi connectivity index (χ1n) is 7.89. The van der Waals surface area contributed by atoms with Crippen molar-refractivity contribution >= 4 is 29.3 Å². The predicted molar refractivity (Wildman–Crippen MR) is 86.9 cm³/mol. The van der Waals surface area contributed by atoms with Crippen LogP contribution >= 0.6 is 23.5 Å². The summed E-state index contributed by atoms with van der Waals surface area (Å²) in [5.74, 6) is 3.81. The number of nitrogens with zero attached hydrogens (tertiary/aromatic N) is 2. The van der Waals surface area contributed by atoms with Gasteiger partial charge in [0, 0.05) is 23.2 Å². The number of aromatic nitrogens is 2. The zero-order chi connectivity index (χ0) is 14.7. The molecule has 0 N–H and O–H groups in total. The Bertz CT molecular complexity index is 492. The molecular weight excluding hydrogens is 304 g/mol. The highest BCUT2D eigenvalue weighted by atomic mass is 32.2. The van der Waals surface area contributed by atoms with E-state index in [1.165, 1.54) is 5.75 Å². The summed E-state index contributed by atoms with van der Waals surface area (Å²) in [5, 5.41) is 5.07. The third-order valence-electron chi connectivity index (χ3n) is 4.27. The molecule has 2 fully saturated rings. The second-order valence-corrected chi connectivity index (χ2v) is 8.31. The van der Waals surface area contributed by atoms with Crippen molar-refractivity contribution in [3.8, 4) is 0 Å². The molecule has 0 aromatic carbocycles. The summed E-state index contributed by atoms with van der Waals surface area (Å²) in [5.41, 5.74) is 0. The van der Waals surface area contributed by atoms with Crippen molar-refractivity contribution in [2.75, 3.05) is 11.5 Å². The van der Waals surface area contributed by atoms with E-state index < -0.39 is 0 Å². The average Bonchev–Trinajstić information content (AvgIpc) is 2.90. The Morgan fingerprint density at radius 3 is 2.95 bits per heavy atom. The minimum absolute atomic E-state index is 0.157. The Kier molecular flexibility index (Phi) is 5.27. The molecule has 0 radical (unpaired) electrons. The maximum absolute atomic E-state index is 12.2. The van der Waals surface area contributed by atoms with Crippen molar-refractivity contribution < 1.29 is 9.32 Å². The van der Waals surface area contributed by atoms with Crippen molar-refractivity contribution in [2.24, 2.45) is 0 Å². The molecule has 0 amide bonds. The Labute approximate surface area is 134 Å². The van der Waals surface area contributed by atoms with Crippen LogP contribution in [0.3, 0.4) is 0 Å². The van der Waals surface area contributed by atoms with Gasteiger partial charge in [-0.3, -0.25) is 4.79 Å². The van der Waals surface area contributed by atoms with Crippen LogP contribution in [0.1, 0.15) is 68.3 Å². The van der Waals surface area contributed by atoms with Crippen molar-refractivity contribution in [2.45, 2.75) is 61.9 Å². The summed E-state index contributed by atoms with van der Waals surface area (Å²) in [6.45, 7) is 2.21. The lowest BCUT2D eigenvalue weighted by Gasteiger charge is -2.27. The molecule has 2 heterocycles. The maximum atomic E-state index is 12.2. The quantitative estimate of drug-likeness (QED) is 0.783. The molecule has 1 aromatic rings. The van der Waals surface area contributed by atoms with Crippen LogP contribution < -0.4 is 0 Å². The smallest absolute Gasteiger partial charge is 0.237 e. The van der Waals surface area contributed by atoms with Gasteiger partial charge in [0.25, 0.3) is 0 Å². The fourth-order valence-corrected chi connectivity index (χ4v) is 6.05. The highest BCUT2D eigenvalue weighted by Gasteiger charge is 2.33. The van der Waals surface area contributed by atoms with Crippen molar-refractivity contribution in [1.29, 1.82) is 0 Å². The molecule has 1 aliphatic carbocycles. The van der Waals surface area contributed by atoms with Gasteiger partial charge in [0.2, 0.25) is 5.89 Å². The molecule has 116 valence electrons. The van der Waals surface area contributed by atoms with Crippen molar-refractivity contribution in [1.82, 2.24) is 10.1 Å². The summed E-state index contributed by atoms with van der Waals surface area (Å²) >= 11 is 3.93. The van der Waals surface area contributed by atoms with Crippen molar-refractivity contribution in [3.63, 3.8) is 0 Å². The van der Waals surface area contributed by atoms with E-state index >= 15 is 0 Å². The molecule has 3 atom stereocenters. The predicted octanol–water partition coefficient (Wildman–Crippen LogP) is 3.99. The third-order valence-corrected chi connectivity index (χ3v) is 7.51. The molecule has 4 nitrogen and oxygen atoms in total. The lowest BCUT2D eigenvalue weighted by molar-refractivity contribution is -0.120. The molecule has 0 bridgehead atoms. The highest BCUT2D eigenvalue weighted by Crippen LogP contribution is 2.43. The van der Waals surface area contributed by atoms with Crippen LogP contribution in [0.5, 0.6) is 0 Å². The molecule has 1 aliphatic heterocycles. The molecule has 3 unspecified atom stereocenters. The molecule has 3 rings (SSSR count). The minimum atomic E-state index is -0.157. The summed E-state index contributed by atoms with van der Waals surface area (Å²) in [7, 11) is 0. The topological polar surface area (TPSA) is 56.0 Å². The molecule has 21 heavy (non-hydrogen) atoms. The lowest BCUT2D eigenvalue weighted by Crippen LogP contribution is -2.19. The molecule has 6 heteroatoms. The van der Waals surface area contributed by atoms with Gasteiger partial charge < -0.3 is 4.52 Å². The molecule has 1 saturated heterocycles. The summed E-state index contributed by atoms with van der Waals surface area (Å²) < 4.78 is 5.47. The van der Waals surface area contributed by atoms with Gasteiger partial charge in [-0.25, -0.2) is 0 Å². The van der Waals surface area contributed by atoms with Gasteiger partial charge in [-0.15, -0.1) is 11.8 Å². The number of hydrogen-bond acceptors (Lipinski definition) is 6. The molecule has 2 aliphatic rings. The van der Waals surface area contributed by atoms with Gasteiger partial charge in [-0.2, -0.15) is 16.7 Å². The van der Waals surface area contributed by atoms with Crippen LogP contribution in [0.25, 0.3) is 0 Å². The van der Waals surface area contributed by atoms with Gasteiger partial charge in [-0.05, 0) is 19.3 Å². The highest BCUT2D eigenvalue weighted by molar-refractivity contribution is 8.06. The second kappa shape index (κ2) is 7.18. The van der Waals surface area contributed by atoms with E-state index in [-0.39, 0.29) is 11.7 Å². The van der Waals surface area contributed by atoms with E-state index in [0.29, 0.717) is 22.8 Å². The number of thioether (sulfide) groups is 2. The van der Waals surface area contributed by atoms with Gasteiger partial charge in [0.1, 0.15) is 5.78 Å². The number of carbonyl (C=O) groups excluding carboxylic acids is 1. The summed E-state index contributed by atoms with van der Waals surface area (Å²) in [6.07, 6.45) is 5.87. The number of rotatable bonds is 3. The number of hydrogen-bond donors (Lipinski definition) is 0. The summed E-state index contributed by atoms with van der Waals surface area (Å²) in [6, 6.07) is 0. The SMILES string of the molecule is CCC1SCCSC1c1noc(C2CCCCCC2=O)n1. The number of Topliss-reactive ketones (excluding diaryl/α,β-unsaturated/α-hetero) is 1. The van der Waals surface area contributed by atoms with Gasteiger partial charge in [0.05, 0.1) is 11.2 Å². The molecular formula is C15H22N2O2S2. The Hall–Kier alpha value is -0.490. The first-order chi connectivity index (χ1) is 10.3. The fraction of sp³-hybridized carbons (Fsp3) is 0.800. The average molecular weight is 326 g/mol. The fourth-order valence-electron chi connectivity index (χ4n) is 3.07. The van der Waals surface area contributed by atoms with Gasteiger partial charge in [-0.1, -0.05) is 24.9 Å². The van der Waals surface area contributed by atoms with E-state index in [1.54, 1.807) is 0 Å². The van der Waals surface area contributed by atoms with E-state index in [0.717, 1.165) is 43.7 Å². The third kappa shape index (κ3) is 3.47. The van der Waals surface area contributed by atoms with Crippen LogP contribution in [-0.2, 0) is 4.79 Å². The van der Waals surface area contributed by atoms with Crippen LogP contribution in [0.15, 0.2) is 4.52 Å². The Balaban J connectivity index is 1.77. The number of ketones is 1. The van der Waals surface area contributed by atoms with Gasteiger partial charge in [0.15, 0.2) is 5.82 Å². The normalized spacial score (nSPS) is 31.1. The standard InChI is InChI=1S/C15H22N2O2S2/c1-2-12-13(21-9-8-20-12)14-16-15(19-17-14)10-6-4-3-5-7-11(10)18/h10,12-13H,2-9H2,1H3. The Morgan fingerprint density at radius 2 is 2.10 bits per heavy atom. The van der Waals surface area contributed by atoms with Crippen LogP contribution in [0.4, 0.5) is 0 Å². The first-order valence-corrected chi connectivity index (χ1v) is 9.98. The zero-order valence-corrected chi connectivity index (χ0v) is 14.0. The first kappa shape index (κ1) is 15.4. The maximum Gasteiger partial charge on any atom is 0.237 e. The van der Waals surface area contributed by atoms with Crippen LogP contribution in [0, 0.1) is 0 Å². The van der Waals surface area contributed by atoms with Crippen LogP contribution in [0.2, 0.25) is 0 Å². The second-order valence-electron chi connectivity index (χ2n) is 5.72. The molecule has 1 aromatic heterocycles. The minimum Gasteiger partial charge on any atom is -0.339 e. The number of carbonyl (C=O) groups is 1. The van der Waals surface area contributed by atoms with Crippen molar-refractivity contribution in [3.05, 3.63) is 11.7 Å². The summed E-state index contributed by atoms with van der Waals surface area (Å²) in [4.78, 5) is 16.8. The lowest BCUT2D eigenvalue weighted by atomic mass is 9.99. The molecule has 1 saturated carbocycles. The van der Waals surface area contributed by atoms with Gasteiger partial charge >= 0.3 is 0 Å².